The van der Waals surface area contributed by atoms with Crippen LogP contribution in [0.1, 0.15) is 37.8 Å². The molecule has 2 bridgehead atoms. The minimum atomic E-state index is 0.110. The zero-order valence-electron chi connectivity index (χ0n) is 17.0. The summed E-state index contributed by atoms with van der Waals surface area (Å²) >= 11 is 0. The Labute approximate surface area is 171 Å². The molecule has 0 saturated carbocycles. The van der Waals surface area contributed by atoms with E-state index in [-0.39, 0.29) is 11.5 Å². The van der Waals surface area contributed by atoms with Gasteiger partial charge in [-0.2, -0.15) is 0 Å². The van der Waals surface area contributed by atoms with E-state index in [1.54, 1.807) is 19.2 Å². The van der Waals surface area contributed by atoms with Gasteiger partial charge in [0, 0.05) is 81.3 Å². The number of hydrogen-bond donors (Lipinski definition) is 0. The smallest absolute Gasteiger partial charge is 0.251 e. The van der Waals surface area contributed by atoms with Gasteiger partial charge in [-0.3, -0.25) is 19.5 Å². The summed E-state index contributed by atoms with van der Waals surface area (Å²) in [6.45, 7) is 6.30. The van der Waals surface area contributed by atoms with Crippen LogP contribution >= 0.6 is 0 Å². The Morgan fingerprint density at radius 2 is 1.93 bits per heavy atom. The minimum absolute atomic E-state index is 0.110. The van der Waals surface area contributed by atoms with Gasteiger partial charge in [-0.15, -0.1) is 0 Å². The molecule has 5 rings (SSSR count). The van der Waals surface area contributed by atoms with Crippen LogP contribution in [0.15, 0.2) is 41.5 Å². The number of amides is 1. The molecule has 0 spiro atoms. The number of rotatable bonds is 2. The molecular formula is C23H28N4O2. The zero-order chi connectivity index (χ0) is 20.0. The van der Waals surface area contributed by atoms with Crippen molar-refractivity contribution in [2.24, 2.45) is 5.92 Å². The molecule has 6 heteroatoms. The van der Waals surface area contributed by atoms with E-state index in [1.165, 1.54) is 12.1 Å². The average molecular weight is 393 g/mol. The predicted octanol–water partition coefficient (Wildman–Crippen LogP) is 2.34. The lowest BCUT2D eigenvalue weighted by atomic mass is 9.81. The van der Waals surface area contributed by atoms with E-state index in [2.05, 4.69) is 16.0 Å². The fraction of sp³-hybridized carbons (Fsp3) is 0.522. The molecule has 29 heavy (non-hydrogen) atoms. The fourth-order valence-electron chi connectivity index (χ4n) is 5.54. The Kier molecular flexibility index (Phi) is 4.74. The van der Waals surface area contributed by atoms with Gasteiger partial charge in [0.05, 0.1) is 0 Å². The number of piperidine rings is 2. The number of aromatic nitrogens is 2. The SMILES string of the molecule is CC(=O)N1CCC(N2C[C@@H]3C[C@H](C2)c2cc(-c4cccnc4)cc(=O)n2C3)CC1. The van der Waals surface area contributed by atoms with Crippen molar-refractivity contribution in [1.82, 2.24) is 19.4 Å². The van der Waals surface area contributed by atoms with Gasteiger partial charge in [-0.25, -0.2) is 0 Å². The van der Waals surface area contributed by atoms with Gasteiger partial charge < -0.3 is 9.47 Å². The minimum Gasteiger partial charge on any atom is -0.343 e. The first-order valence-corrected chi connectivity index (χ1v) is 10.7. The molecule has 2 aromatic rings. The molecule has 5 heterocycles. The average Bonchev–Trinajstić information content (AvgIpc) is 2.75. The first-order chi connectivity index (χ1) is 14.1. The first kappa shape index (κ1) is 18.6. The van der Waals surface area contributed by atoms with Crippen molar-refractivity contribution in [1.29, 1.82) is 0 Å². The molecule has 2 saturated heterocycles. The highest BCUT2D eigenvalue weighted by Gasteiger charge is 2.38. The zero-order valence-corrected chi connectivity index (χ0v) is 17.0. The maximum atomic E-state index is 12.9. The van der Waals surface area contributed by atoms with Crippen LogP contribution in [0.25, 0.3) is 11.1 Å². The van der Waals surface area contributed by atoms with Crippen LogP contribution in [0.4, 0.5) is 0 Å². The second kappa shape index (κ2) is 7.41. The number of likely N-dealkylation sites (tertiary alicyclic amines) is 2. The summed E-state index contributed by atoms with van der Waals surface area (Å²) < 4.78 is 2.01. The molecular weight excluding hydrogens is 364 g/mol. The molecule has 0 unspecified atom stereocenters. The highest BCUT2D eigenvalue weighted by Crippen LogP contribution is 2.38. The lowest BCUT2D eigenvalue weighted by molar-refractivity contribution is -0.130. The molecule has 3 aliphatic rings. The van der Waals surface area contributed by atoms with E-state index in [9.17, 15) is 9.59 Å². The second-order valence-electron chi connectivity index (χ2n) is 8.85. The van der Waals surface area contributed by atoms with Gasteiger partial charge in [-0.05, 0) is 42.9 Å². The van der Waals surface area contributed by atoms with Gasteiger partial charge in [0.25, 0.3) is 5.56 Å². The predicted molar refractivity (Wildman–Crippen MR) is 112 cm³/mol. The summed E-state index contributed by atoms with van der Waals surface area (Å²) in [4.78, 5) is 33.3. The molecule has 2 fully saturated rings. The van der Waals surface area contributed by atoms with E-state index in [1.807, 2.05) is 27.8 Å². The molecule has 6 nitrogen and oxygen atoms in total. The molecule has 2 atom stereocenters. The third-order valence-corrected chi connectivity index (χ3v) is 7.01. The third-order valence-electron chi connectivity index (χ3n) is 7.01. The number of carbonyl (C=O) groups is 1. The van der Waals surface area contributed by atoms with Crippen molar-refractivity contribution in [3.8, 4) is 11.1 Å². The van der Waals surface area contributed by atoms with Gasteiger partial charge >= 0.3 is 0 Å². The Bertz CT molecular complexity index is 963. The van der Waals surface area contributed by atoms with E-state index >= 15 is 0 Å². The van der Waals surface area contributed by atoms with Gasteiger partial charge in [0.15, 0.2) is 0 Å². The summed E-state index contributed by atoms with van der Waals surface area (Å²) in [7, 11) is 0. The monoisotopic (exact) mass is 392 g/mol. The van der Waals surface area contributed by atoms with Crippen molar-refractivity contribution < 1.29 is 4.79 Å². The normalized spacial score (nSPS) is 24.9. The van der Waals surface area contributed by atoms with E-state index in [0.717, 1.165) is 56.7 Å². The van der Waals surface area contributed by atoms with Crippen LogP contribution in [0.3, 0.4) is 0 Å². The largest absolute Gasteiger partial charge is 0.343 e. The molecule has 1 amide bonds. The topological polar surface area (TPSA) is 58.4 Å². The summed E-state index contributed by atoms with van der Waals surface area (Å²) in [6.07, 6.45) is 6.87. The summed E-state index contributed by atoms with van der Waals surface area (Å²) in [6, 6.07) is 8.45. The van der Waals surface area contributed by atoms with E-state index in [0.29, 0.717) is 17.9 Å². The van der Waals surface area contributed by atoms with Crippen molar-refractivity contribution in [2.45, 2.75) is 44.7 Å². The Hall–Kier alpha value is -2.47. The fourth-order valence-corrected chi connectivity index (χ4v) is 5.54. The highest BCUT2D eigenvalue weighted by molar-refractivity contribution is 5.73. The summed E-state index contributed by atoms with van der Waals surface area (Å²) in [5, 5.41) is 0. The summed E-state index contributed by atoms with van der Waals surface area (Å²) in [5.41, 5.74) is 3.26. The van der Waals surface area contributed by atoms with Crippen molar-refractivity contribution in [2.75, 3.05) is 26.2 Å². The lowest BCUT2D eigenvalue weighted by Crippen LogP contribution is -2.53. The maximum Gasteiger partial charge on any atom is 0.251 e. The summed E-state index contributed by atoms with van der Waals surface area (Å²) in [5.74, 6) is 1.13. The van der Waals surface area contributed by atoms with Crippen molar-refractivity contribution >= 4 is 5.91 Å². The Morgan fingerprint density at radius 1 is 1.10 bits per heavy atom. The van der Waals surface area contributed by atoms with Crippen molar-refractivity contribution in [3.63, 3.8) is 0 Å². The lowest BCUT2D eigenvalue weighted by Gasteiger charge is -2.47. The van der Waals surface area contributed by atoms with Gasteiger partial charge in [0.2, 0.25) is 5.91 Å². The van der Waals surface area contributed by atoms with Crippen LogP contribution in [-0.4, -0.2) is 57.5 Å². The van der Waals surface area contributed by atoms with Crippen LogP contribution in [-0.2, 0) is 11.3 Å². The van der Waals surface area contributed by atoms with Crippen LogP contribution in [0, 0.1) is 5.92 Å². The molecule has 2 aromatic heterocycles. The van der Waals surface area contributed by atoms with E-state index < -0.39 is 0 Å². The Balaban J connectivity index is 1.39. The van der Waals surface area contributed by atoms with Crippen LogP contribution in [0.5, 0.6) is 0 Å². The van der Waals surface area contributed by atoms with Gasteiger partial charge in [-0.1, -0.05) is 6.07 Å². The molecule has 3 aliphatic heterocycles. The number of pyridine rings is 2. The molecule has 152 valence electrons. The van der Waals surface area contributed by atoms with Crippen LogP contribution in [0.2, 0.25) is 0 Å². The number of fused-ring (bicyclic) bond motifs is 4. The standard InChI is InChI=1S/C23H28N4O2/c1-16(28)25-7-4-21(5-8-25)26-13-17-9-20(15-26)22-10-19(11-23(29)27(22)14-17)18-3-2-6-24-12-18/h2-3,6,10-12,17,20-21H,4-5,7-9,13-15H2,1H3/t17-,20+/m0/s1. The molecule has 0 aliphatic carbocycles. The molecule has 0 aromatic carbocycles. The molecule has 0 N–H and O–H groups in total. The van der Waals surface area contributed by atoms with Crippen LogP contribution < -0.4 is 5.56 Å². The Morgan fingerprint density at radius 3 is 2.66 bits per heavy atom. The maximum absolute atomic E-state index is 12.9. The van der Waals surface area contributed by atoms with Gasteiger partial charge in [0.1, 0.15) is 0 Å². The van der Waals surface area contributed by atoms with E-state index in [4.69, 9.17) is 0 Å². The third kappa shape index (κ3) is 3.50. The first-order valence-electron chi connectivity index (χ1n) is 10.7. The number of hydrogen-bond acceptors (Lipinski definition) is 4. The number of carbonyl (C=O) groups excluding carboxylic acids is 1. The quantitative estimate of drug-likeness (QED) is 0.787. The second-order valence-corrected chi connectivity index (χ2v) is 8.85. The number of nitrogens with zero attached hydrogens (tertiary/aromatic N) is 4. The van der Waals surface area contributed by atoms with Crippen molar-refractivity contribution in [3.05, 3.63) is 52.7 Å². The highest BCUT2D eigenvalue weighted by atomic mass is 16.2. The molecule has 0 radical (unpaired) electrons.